The first kappa shape index (κ1) is 10.5. The average molecular weight is 310 g/mol. The Bertz CT molecular complexity index is 451. The Morgan fingerprint density at radius 3 is 2.27 bits per heavy atom. The van der Waals surface area contributed by atoms with Crippen molar-refractivity contribution in [2.24, 2.45) is 0 Å². The van der Waals surface area contributed by atoms with Gasteiger partial charge in [0.2, 0.25) is 0 Å². The van der Waals surface area contributed by atoms with Gasteiger partial charge in [0.15, 0.2) is 23.0 Å². The minimum Gasteiger partial charge on any atom is -0.427 e. The van der Waals surface area contributed by atoms with Gasteiger partial charge in [-0.25, -0.2) is 0 Å². The largest absolute Gasteiger partial charge is 0.427 e. The van der Waals surface area contributed by atoms with E-state index >= 15 is 0 Å². The van der Waals surface area contributed by atoms with E-state index < -0.39 is 0 Å². The summed E-state index contributed by atoms with van der Waals surface area (Å²) in [5.41, 5.74) is 3.62. The maximum absolute atomic E-state index is 5.21. The Labute approximate surface area is 104 Å². The SMILES string of the molecule is Cc1cc(-c2ccccc2)ccc1OI. The molecule has 0 radical (unpaired) electrons. The van der Waals surface area contributed by atoms with Gasteiger partial charge in [0.05, 0.1) is 0 Å². The fourth-order valence-electron chi connectivity index (χ4n) is 1.55. The van der Waals surface area contributed by atoms with Crippen molar-refractivity contribution in [2.75, 3.05) is 0 Å². The zero-order chi connectivity index (χ0) is 10.7. The molecule has 1 nitrogen and oxygen atoms in total. The third kappa shape index (κ3) is 2.31. The van der Waals surface area contributed by atoms with E-state index in [0.717, 1.165) is 11.3 Å². The fourth-order valence-corrected chi connectivity index (χ4v) is 2.04. The first-order valence-electron chi connectivity index (χ1n) is 4.76. The minimum atomic E-state index is 0.926. The second kappa shape index (κ2) is 4.66. The standard InChI is InChI=1S/C13H11IO/c1-10-9-12(7-8-13(10)15-14)11-5-3-2-4-6-11/h2-9H,1H3. The van der Waals surface area contributed by atoms with Crippen molar-refractivity contribution in [1.82, 2.24) is 0 Å². The zero-order valence-electron chi connectivity index (χ0n) is 8.41. The van der Waals surface area contributed by atoms with Gasteiger partial charge in [0, 0.05) is 0 Å². The molecule has 76 valence electrons. The van der Waals surface area contributed by atoms with Crippen LogP contribution in [0.25, 0.3) is 11.1 Å². The molecule has 0 aliphatic carbocycles. The predicted molar refractivity (Wildman–Crippen MR) is 71.3 cm³/mol. The molecule has 2 rings (SSSR count). The van der Waals surface area contributed by atoms with Crippen LogP contribution in [0.2, 0.25) is 0 Å². The molecule has 0 bridgehead atoms. The predicted octanol–water partition coefficient (Wildman–Crippen LogP) is 4.39. The number of hydrogen-bond acceptors (Lipinski definition) is 1. The van der Waals surface area contributed by atoms with Crippen LogP contribution in [0.1, 0.15) is 5.56 Å². The number of benzene rings is 2. The van der Waals surface area contributed by atoms with Crippen LogP contribution in [0, 0.1) is 6.92 Å². The van der Waals surface area contributed by atoms with Crippen molar-refractivity contribution in [1.29, 1.82) is 0 Å². The van der Waals surface area contributed by atoms with Crippen LogP contribution in [0.3, 0.4) is 0 Å². The lowest BCUT2D eigenvalue weighted by Crippen LogP contribution is -1.83. The Morgan fingerprint density at radius 2 is 1.67 bits per heavy atom. The second-order valence-electron chi connectivity index (χ2n) is 3.42. The number of rotatable bonds is 2. The van der Waals surface area contributed by atoms with Crippen molar-refractivity contribution in [3.63, 3.8) is 0 Å². The van der Waals surface area contributed by atoms with Gasteiger partial charge in [-0.15, -0.1) is 0 Å². The molecular weight excluding hydrogens is 299 g/mol. The molecule has 0 aromatic heterocycles. The van der Waals surface area contributed by atoms with Crippen molar-refractivity contribution < 1.29 is 3.07 Å². The molecule has 0 heterocycles. The van der Waals surface area contributed by atoms with Crippen LogP contribution in [0.15, 0.2) is 48.5 Å². The molecule has 0 amide bonds. The van der Waals surface area contributed by atoms with Crippen molar-refractivity contribution in [3.05, 3.63) is 54.1 Å². The lowest BCUT2D eigenvalue weighted by atomic mass is 10.0. The Morgan fingerprint density at radius 1 is 0.933 bits per heavy atom. The molecule has 2 heteroatoms. The van der Waals surface area contributed by atoms with Gasteiger partial charge >= 0.3 is 0 Å². The number of aryl methyl sites for hydroxylation is 1. The molecule has 15 heavy (non-hydrogen) atoms. The van der Waals surface area contributed by atoms with Gasteiger partial charge in [-0.1, -0.05) is 36.4 Å². The summed E-state index contributed by atoms with van der Waals surface area (Å²) in [7, 11) is 0. The highest BCUT2D eigenvalue weighted by Crippen LogP contribution is 2.26. The lowest BCUT2D eigenvalue weighted by molar-refractivity contribution is 0.709. The fraction of sp³-hybridized carbons (Fsp3) is 0.0769. The molecular formula is C13H11IO. The van der Waals surface area contributed by atoms with Gasteiger partial charge in [-0.05, 0) is 35.7 Å². The van der Waals surface area contributed by atoms with E-state index in [1.807, 2.05) is 47.3 Å². The van der Waals surface area contributed by atoms with E-state index in [-0.39, 0.29) is 0 Å². The maximum Gasteiger partial charge on any atom is 0.192 e. The van der Waals surface area contributed by atoms with E-state index in [4.69, 9.17) is 3.07 Å². The summed E-state index contributed by atoms with van der Waals surface area (Å²) in [6, 6.07) is 16.6. The van der Waals surface area contributed by atoms with Crippen molar-refractivity contribution >= 4 is 23.0 Å². The van der Waals surface area contributed by atoms with Gasteiger partial charge in [-0.2, -0.15) is 0 Å². The van der Waals surface area contributed by atoms with E-state index in [1.165, 1.54) is 11.1 Å². The molecule has 0 atom stereocenters. The van der Waals surface area contributed by atoms with E-state index in [9.17, 15) is 0 Å². The highest BCUT2D eigenvalue weighted by molar-refractivity contribution is 14.1. The Hall–Kier alpha value is -1.03. The minimum absolute atomic E-state index is 0.926. The molecule has 0 fully saturated rings. The maximum atomic E-state index is 5.21. The van der Waals surface area contributed by atoms with E-state index in [0.29, 0.717) is 0 Å². The second-order valence-corrected chi connectivity index (χ2v) is 3.86. The highest BCUT2D eigenvalue weighted by atomic mass is 127. The first-order valence-corrected chi connectivity index (χ1v) is 5.64. The van der Waals surface area contributed by atoms with Gasteiger partial charge in [0.25, 0.3) is 0 Å². The first-order chi connectivity index (χ1) is 7.31. The van der Waals surface area contributed by atoms with Crippen molar-refractivity contribution in [3.8, 4) is 16.9 Å². The molecule has 0 saturated heterocycles. The third-order valence-corrected chi connectivity index (χ3v) is 2.84. The lowest BCUT2D eigenvalue weighted by Gasteiger charge is -2.06. The average Bonchev–Trinajstić information content (AvgIpc) is 2.30. The summed E-state index contributed by atoms with van der Waals surface area (Å²) in [5, 5.41) is 0. The van der Waals surface area contributed by atoms with Crippen LogP contribution < -0.4 is 3.07 Å². The van der Waals surface area contributed by atoms with Gasteiger partial charge < -0.3 is 3.07 Å². The van der Waals surface area contributed by atoms with E-state index in [1.54, 1.807) is 0 Å². The van der Waals surface area contributed by atoms with Crippen LogP contribution in [0.4, 0.5) is 0 Å². The molecule has 2 aromatic carbocycles. The zero-order valence-corrected chi connectivity index (χ0v) is 10.6. The molecule has 0 spiro atoms. The summed E-state index contributed by atoms with van der Waals surface area (Å²) in [4.78, 5) is 0. The number of hydrogen-bond donors (Lipinski definition) is 0. The summed E-state index contributed by atoms with van der Waals surface area (Å²) >= 11 is 1.91. The molecule has 0 saturated carbocycles. The quantitative estimate of drug-likeness (QED) is 0.748. The van der Waals surface area contributed by atoms with E-state index in [2.05, 4.69) is 31.2 Å². The topological polar surface area (TPSA) is 9.23 Å². The van der Waals surface area contributed by atoms with Crippen LogP contribution >= 0.6 is 23.0 Å². The number of halogens is 1. The summed E-state index contributed by atoms with van der Waals surface area (Å²) in [6.45, 7) is 2.06. The Kier molecular flexibility index (Phi) is 3.26. The van der Waals surface area contributed by atoms with Crippen LogP contribution in [0.5, 0.6) is 5.75 Å². The van der Waals surface area contributed by atoms with Gasteiger partial charge in [0.1, 0.15) is 5.75 Å². The summed E-state index contributed by atoms with van der Waals surface area (Å²) in [5.74, 6) is 0.926. The van der Waals surface area contributed by atoms with Gasteiger partial charge in [-0.3, -0.25) is 0 Å². The molecule has 2 aromatic rings. The molecule has 0 aliphatic heterocycles. The monoisotopic (exact) mass is 310 g/mol. The normalized spacial score (nSPS) is 10.0. The van der Waals surface area contributed by atoms with Crippen molar-refractivity contribution in [2.45, 2.75) is 6.92 Å². The third-order valence-electron chi connectivity index (χ3n) is 2.37. The smallest absolute Gasteiger partial charge is 0.192 e. The molecule has 0 aliphatic rings. The molecule has 0 unspecified atom stereocenters. The van der Waals surface area contributed by atoms with Crippen LogP contribution in [-0.2, 0) is 0 Å². The molecule has 0 N–H and O–H groups in total. The summed E-state index contributed by atoms with van der Waals surface area (Å²) < 4.78 is 5.21. The summed E-state index contributed by atoms with van der Waals surface area (Å²) in [6.07, 6.45) is 0. The highest BCUT2D eigenvalue weighted by Gasteiger charge is 2.01. The van der Waals surface area contributed by atoms with Crippen LogP contribution in [-0.4, -0.2) is 0 Å². The Balaban J connectivity index is 2.43.